The molecule has 5 heterocycles. The second-order valence-electron chi connectivity index (χ2n) is 13.7. The normalized spacial score (nSPS) is 21.8. The minimum absolute atomic E-state index is 0.0518. The Balaban J connectivity index is 1.34. The van der Waals surface area contributed by atoms with Gasteiger partial charge in [0.05, 0.1) is 37.7 Å². The summed E-state index contributed by atoms with van der Waals surface area (Å²) in [5.41, 5.74) is 3.20. The summed E-state index contributed by atoms with van der Waals surface area (Å²) in [6.07, 6.45) is 6.53. The summed E-state index contributed by atoms with van der Waals surface area (Å²) >= 11 is 0. The van der Waals surface area contributed by atoms with E-state index < -0.39 is 22.1 Å². The van der Waals surface area contributed by atoms with E-state index in [0.29, 0.717) is 50.2 Å². The number of amides is 1. The number of rotatable bonds is 12. The first-order chi connectivity index (χ1) is 23.5. The van der Waals surface area contributed by atoms with E-state index in [-0.39, 0.29) is 49.3 Å². The molecule has 6 rings (SSSR count). The van der Waals surface area contributed by atoms with Gasteiger partial charge in [0.15, 0.2) is 0 Å². The number of aliphatic hydroxyl groups is 1. The zero-order valence-corrected chi connectivity index (χ0v) is 29.2. The molecule has 14 heteroatoms. The molecule has 3 fully saturated rings. The first kappa shape index (κ1) is 35.0. The Hall–Kier alpha value is -3.88. The maximum absolute atomic E-state index is 14.9. The predicted octanol–water partition coefficient (Wildman–Crippen LogP) is 4.15. The molecule has 0 bridgehead atoms. The number of sulfone groups is 1. The number of pyridine rings is 1. The van der Waals surface area contributed by atoms with E-state index in [1.165, 1.54) is 12.3 Å². The summed E-state index contributed by atoms with van der Waals surface area (Å²) in [5.74, 6) is 1.72. The van der Waals surface area contributed by atoms with Crippen LogP contribution < -0.4 is 15.1 Å². The quantitative estimate of drug-likeness (QED) is 0.264. The van der Waals surface area contributed by atoms with Crippen LogP contribution in [0.3, 0.4) is 0 Å². The average Bonchev–Trinajstić information content (AvgIpc) is 3.54. The highest BCUT2D eigenvalue weighted by molar-refractivity contribution is 7.90. The monoisotopic (exact) mass is 695 g/mol. The third-order valence-electron chi connectivity index (χ3n) is 9.64. The SMILES string of the molecule is C=CC(=O)N1CCC[C@@H]1c1cc(N2CC(CS(C)(=O)=O)C2)c2cnc(Nc3ccnc(N4CC[C@@H](OCCO)[C@@H](F)C4)n3)cc2c1C(C)C. The van der Waals surface area contributed by atoms with Crippen molar-refractivity contribution in [2.24, 2.45) is 5.92 Å². The molecule has 0 radical (unpaired) electrons. The Morgan fingerprint density at radius 1 is 1.14 bits per heavy atom. The van der Waals surface area contributed by atoms with Crippen LogP contribution >= 0.6 is 0 Å². The van der Waals surface area contributed by atoms with Crippen molar-refractivity contribution in [2.75, 3.05) is 73.1 Å². The number of hydrogen-bond acceptors (Lipinski definition) is 11. The highest BCUT2D eigenvalue weighted by atomic mass is 32.2. The van der Waals surface area contributed by atoms with E-state index >= 15 is 0 Å². The zero-order chi connectivity index (χ0) is 34.9. The van der Waals surface area contributed by atoms with E-state index in [1.807, 2.05) is 17.2 Å². The van der Waals surface area contributed by atoms with Crippen molar-refractivity contribution in [3.63, 3.8) is 0 Å². The number of likely N-dealkylation sites (tertiary alicyclic amines) is 1. The molecule has 3 atom stereocenters. The van der Waals surface area contributed by atoms with E-state index in [9.17, 15) is 17.6 Å². The summed E-state index contributed by atoms with van der Waals surface area (Å²) in [4.78, 5) is 32.7. The number of ether oxygens (including phenoxy) is 1. The molecular weight excluding hydrogens is 649 g/mol. The molecule has 0 spiro atoms. The number of hydrogen-bond donors (Lipinski definition) is 2. The molecule has 0 unspecified atom stereocenters. The number of nitrogens with one attached hydrogen (secondary N) is 1. The molecule has 0 saturated carbocycles. The van der Waals surface area contributed by atoms with Gasteiger partial charge >= 0.3 is 0 Å². The Labute approximate surface area is 287 Å². The van der Waals surface area contributed by atoms with Crippen LogP contribution in [-0.2, 0) is 19.4 Å². The van der Waals surface area contributed by atoms with E-state index in [2.05, 4.69) is 46.7 Å². The number of carbonyl (C=O) groups is 1. The smallest absolute Gasteiger partial charge is 0.246 e. The zero-order valence-electron chi connectivity index (χ0n) is 28.4. The number of benzene rings is 1. The van der Waals surface area contributed by atoms with Gasteiger partial charge in [-0.25, -0.2) is 22.8 Å². The van der Waals surface area contributed by atoms with Gasteiger partial charge in [-0.15, -0.1) is 0 Å². The molecular formula is C35H46FN7O5S. The molecule has 3 saturated heterocycles. The fraction of sp³-hybridized carbons (Fsp3) is 0.543. The molecule has 49 heavy (non-hydrogen) atoms. The van der Waals surface area contributed by atoms with Crippen molar-refractivity contribution in [2.45, 2.75) is 57.3 Å². The number of nitrogens with zero attached hydrogens (tertiary/aromatic N) is 6. The Morgan fingerprint density at radius 3 is 2.63 bits per heavy atom. The van der Waals surface area contributed by atoms with Crippen LogP contribution in [0.4, 0.5) is 27.7 Å². The summed E-state index contributed by atoms with van der Waals surface area (Å²) in [6.45, 7) is 10.5. The summed E-state index contributed by atoms with van der Waals surface area (Å²) in [6, 6.07) is 5.84. The van der Waals surface area contributed by atoms with Crippen LogP contribution in [0.15, 0.2) is 43.2 Å². The number of anilines is 4. The Bertz CT molecular complexity index is 1800. The summed E-state index contributed by atoms with van der Waals surface area (Å²) < 4.78 is 44.3. The summed E-state index contributed by atoms with van der Waals surface area (Å²) in [5, 5.41) is 14.3. The van der Waals surface area contributed by atoms with Gasteiger partial charge in [0, 0.05) is 61.8 Å². The largest absolute Gasteiger partial charge is 0.394 e. The van der Waals surface area contributed by atoms with Gasteiger partial charge in [0.1, 0.15) is 27.6 Å². The van der Waals surface area contributed by atoms with Crippen molar-refractivity contribution < 1.29 is 27.4 Å². The van der Waals surface area contributed by atoms with Gasteiger partial charge in [0.25, 0.3) is 0 Å². The van der Waals surface area contributed by atoms with E-state index in [0.717, 1.165) is 40.4 Å². The van der Waals surface area contributed by atoms with Gasteiger partial charge in [-0.1, -0.05) is 20.4 Å². The van der Waals surface area contributed by atoms with E-state index in [1.54, 1.807) is 17.2 Å². The number of halogens is 1. The van der Waals surface area contributed by atoms with Crippen molar-refractivity contribution in [3.8, 4) is 0 Å². The lowest BCUT2D eigenvalue weighted by Crippen LogP contribution is -2.49. The molecule has 2 N–H and O–H groups in total. The van der Waals surface area contributed by atoms with Crippen LogP contribution in [0.2, 0.25) is 0 Å². The standard InChI is InChI=1S/C35H46FN7O5S/c1-5-33(45)43-11-6-7-28(43)25-15-29(42-18-23(19-42)21-49(4,46)47)26-17-38-32(16-24(26)34(25)22(2)3)39-31-8-10-37-35(40-31)41-12-9-30(27(36)20-41)48-14-13-44/h5,8,10,15-17,22-23,27-28,30,44H,1,6-7,9,11-14,18-21H2,2-4H3,(H,37,38,39,40)/t27-,28+,30+/m0/s1. The van der Waals surface area contributed by atoms with Crippen molar-refractivity contribution in [1.29, 1.82) is 0 Å². The number of piperidine rings is 1. The Kier molecular flexibility index (Phi) is 10.4. The highest BCUT2D eigenvalue weighted by Gasteiger charge is 2.36. The van der Waals surface area contributed by atoms with Crippen molar-refractivity contribution in [1.82, 2.24) is 19.9 Å². The molecule has 2 aromatic heterocycles. The number of aromatic nitrogens is 3. The molecule has 12 nitrogen and oxygen atoms in total. The predicted molar refractivity (Wildman–Crippen MR) is 189 cm³/mol. The molecule has 1 aromatic carbocycles. The second-order valence-corrected chi connectivity index (χ2v) is 15.9. The van der Waals surface area contributed by atoms with Crippen molar-refractivity contribution >= 4 is 49.8 Å². The third kappa shape index (κ3) is 7.65. The van der Waals surface area contributed by atoms with Gasteiger partial charge in [-0.2, -0.15) is 4.98 Å². The second kappa shape index (κ2) is 14.5. The maximum atomic E-state index is 14.9. The topological polar surface area (TPSA) is 141 Å². The van der Waals surface area contributed by atoms with E-state index in [4.69, 9.17) is 14.8 Å². The van der Waals surface area contributed by atoms with Gasteiger partial charge < -0.3 is 29.9 Å². The van der Waals surface area contributed by atoms with Crippen molar-refractivity contribution in [3.05, 3.63) is 54.4 Å². The van der Waals surface area contributed by atoms with Crippen LogP contribution in [0.5, 0.6) is 0 Å². The van der Waals surface area contributed by atoms with Gasteiger partial charge in [-0.3, -0.25) is 4.79 Å². The first-order valence-electron chi connectivity index (χ1n) is 17.0. The van der Waals surface area contributed by atoms with Gasteiger partial charge in [0.2, 0.25) is 11.9 Å². The lowest BCUT2D eigenvalue weighted by molar-refractivity contribution is -0.126. The minimum atomic E-state index is -3.09. The number of fused-ring (bicyclic) bond motifs is 1. The van der Waals surface area contributed by atoms with Crippen LogP contribution in [0.1, 0.15) is 56.2 Å². The average molecular weight is 696 g/mol. The van der Waals surface area contributed by atoms with Crippen LogP contribution in [-0.4, -0.2) is 110 Å². The number of aliphatic hydroxyl groups excluding tert-OH is 1. The lowest BCUT2D eigenvalue weighted by atomic mass is 9.85. The highest BCUT2D eigenvalue weighted by Crippen LogP contribution is 2.45. The van der Waals surface area contributed by atoms with Crippen LogP contribution in [0, 0.1) is 5.92 Å². The maximum Gasteiger partial charge on any atom is 0.246 e. The fourth-order valence-electron chi connectivity index (χ4n) is 7.52. The molecule has 1 amide bonds. The molecule has 0 aliphatic carbocycles. The van der Waals surface area contributed by atoms with Crippen LogP contribution in [0.25, 0.3) is 10.8 Å². The number of alkyl halides is 1. The first-order valence-corrected chi connectivity index (χ1v) is 19.1. The minimum Gasteiger partial charge on any atom is -0.394 e. The summed E-state index contributed by atoms with van der Waals surface area (Å²) in [7, 11) is -3.09. The third-order valence-corrected chi connectivity index (χ3v) is 10.7. The molecule has 3 aliphatic heterocycles. The molecule has 3 aliphatic rings. The lowest BCUT2D eigenvalue weighted by Gasteiger charge is -2.42. The Morgan fingerprint density at radius 2 is 1.94 bits per heavy atom. The van der Waals surface area contributed by atoms with Gasteiger partial charge in [-0.05, 0) is 66.0 Å². The number of carbonyl (C=O) groups excluding carboxylic acids is 1. The molecule has 3 aromatic rings. The fourth-order valence-corrected chi connectivity index (χ4v) is 8.59. The molecule has 264 valence electrons.